The molecule has 98 valence electrons. The van der Waals surface area contributed by atoms with Gasteiger partial charge in [-0.25, -0.2) is 13.1 Å². The van der Waals surface area contributed by atoms with E-state index in [0.29, 0.717) is 12.5 Å². The standard InChI is InChI=1S/C11H19NO4S/c1-3-9(4-2)7-12-17(14,15)11-6-5-10(8-13)16-11/h5-6,9,12-13H,3-4,7-8H2,1-2H3. The number of furan rings is 1. The fraction of sp³-hybridized carbons (Fsp3) is 0.636. The minimum Gasteiger partial charge on any atom is -0.446 e. The van der Waals surface area contributed by atoms with E-state index >= 15 is 0 Å². The first-order valence-corrected chi connectivity index (χ1v) is 7.21. The molecule has 0 fully saturated rings. The first-order chi connectivity index (χ1) is 8.03. The lowest BCUT2D eigenvalue weighted by molar-refractivity contribution is 0.236. The lowest BCUT2D eigenvalue weighted by Gasteiger charge is -2.12. The molecule has 0 aromatic carbocycles. The number of nitrogens with one attached hydrogen (secondary N) is 1. The van der Waals surface area contributed by atoms with Crippen LogP contribution in [-0.2, 0) is 16.6 Å². The van der Waals surface area contributed by atoms with E-state index in [1.54, 1.807) is 0 Å². The number of aliphatic hydroxyl groups excluding tert-OH is 1. The molecule has 17 heavy (non-hydrogen) atoms. The maximum atomic E-state index is 11.8. The van der Waals surface area contributed by atoms with Gasteiger partial charge in [0.05, 0.1) is 0 Å². The van der Waals surface area contributed by atoms with Crippen molar-refractivity contribution in [3.05, 3.63) is 17.9 Å². The van der Waals surface area contributed by atoms with Gasteiger partial charge in [0.25, 0.3) is 10.0 Å². The highest BCUT2D eigenvalue weighted by Gasteiger charge is 2.19. The largest absolute Gasteiger partial charge is 0.446 e. The summed E-state index contributed by atoms with van der Waals surface area (Å²) in [6.07, 6.45) is 1.86. The van der Waals surface area contributed by atoms with E-state index in [1.807, 2.05) is 13.8 Å². The van der Waals surface area contributed by atoms with E-state index in [-0.39, 0.29) is 17.5 Å². The highest BCUT2D eigenvalue weighted by Crippen LogP contribution is 2.14. The Kier molecular flexibility index (Phi) is 5.17. The molecular weight excluding hydrogens is 242 g/mol. The monoisotopic (exact) mass is 261 g/mol. The molecule has 0 atom stereocenters. The third-order valence-electron chi connectivity index (χ3n) is 2.77. The van der Waals surface area contributed by atoms with E-state index < -0.39 is 10.0 Å². The van der Waals surface area contributed by atoms with Crippen LogP contribution in [0.4, 0.5) is 0 Å². The molecule has 6 heteroatoms. The van der Waals surface area contributed by atoms with Crippen molar-refractivity contribution in [2.45, 2.75) is 38.4 Å². The Morgan fingerprint density at radius 2 is 2.00 bits per heavy atom. The van der Waals surface area contributed by atoms with E-state index in [4.69, 9.17) is 9.52 Å². The van der Waals surface area contributed by atoms with Gasteiger partial charge < -0.3 is 9.52 Å². The lowest BCUT2D eigenvalue weighted by Crippen LogP contribution is -2.28. The molecule has 2 N–H and O–H groups in total. The average molecular weight is 261 g/mol. The van der Waals surface area contributed by atoms with Crippen LogP contribution in [-0.4, -0.2) is 20.1 Å². The maximum Gasteiger partial charge on any atom is 0.273 e. The Morgan fingerprint density at radius 1 is 1.35 bits per heavy atom. The van der Waals surface area contributed by atoms with Crippen molar-refractivity contribution in [1.82, 2.24) is 4.72 Å². The predicted molar refractivity (Wildman–Crippen MR) is 63.9 cm³/mol. The van der Waals surface area contributed by atoms with Gasteiger partial charge in [0.2, 0.25) is 5.09 Å². The van der Waals surface area contributed by atoms with Gasteiger partial charge in [0, 0.05) is 6.54 Å². The fourth-order valence-electron chi connectivity index (χ4n) is 1.46. The number of aliphatic hydroxyl groups is 1. The summed E-state index contributed by atoms with van der Waals surface area (Å²) in [4.78, 5) is 0. The van der Waals surface area contributed by atoms with Crippen LogP contribution >= 0.6 is 0 Å². The number of hydrogen-bond donors (Lipinski definition) is 2. The Labute approximate surface area is 102 Å². The van der Waals surface area contributed by atoms with Gasteiger partial charge in [-0.05, 0) is 18.1 Å². The topological polar surface area (TPSA) is 79.5 Å². The van der Waals surface area contributed by atoms with Gasteiger partial charge in [0.1, 0.15) is 12.4 Å². The fourth-order valence-corrected chi connectivity index (χ4v) is 2.53. The van der Waals surface area contributed by atoms with Crippen molar-refractivity contribution >= 4 is 10.0 Å². The Balaban J connectivity index is 2.68. The van der Waals surface area contributed by atoms with Crippen molar-refractivity contribution in [2.75, 3.05) is 6.54 Å². The first kappa shape index (κ1) is 14.2. The van der Waals surface area contributed by atoms with E-state index in [0.717, 1.165) is 12.8 Å². The third-order valence-corrected chi connectivity index (χ3v) is 4.07. The number of rotatable bonds is 7. The Hall–Kier alpha value is -0.850. The molecule has 1 aromatic heterocycles. The molecule has 5 nitrogen and oxygen atoms in total. The number of sulfonamides is 1. The summed E-state index contributed by atoms with van der Waals surface area (Å²) >= 11 is 0. The minimum atomic E-state index is -3.59. The Morgan fingerprint density at radius 3 is 2.47 bits per heavy atom. The lowest BCUT2D eigenvalue weighted by atomic mass is 10.0. The molecule has 0 spiro atoms. The van der Waals surface area contributed by atoms with Gasteiger partial charge in [-0.1, -0.05) is 26.7 Å². The first-order valence-electron chi connectivity index (χ1n) is 5.72. The SMILES string of the molecule is CCC(CC)CNS(=O)(=O)c1ccc(CO)o1. The predicted octanol–water partition coefficient (Wildman–Crippen LogP) is 1.49. The molecular formula is C11H19NO4S. The molecule has 0 radical (unpaired) electrons. The summed E-state index contributed by atoms with van der Waals surface area (Å²) in [6.45, 7) is 4.16. The van der Waals surface area contributed by atoms with Gasteiger partial charge >= 0.3 is 0 Å². The van der Waals surface area contributed by atoms with Crippen LogP contribution < -0.4 is 4.72 Å². The van der Waals surface area contributed by atoms with Crippen LogP contribution in [0, 0.1) is 5.92 Å². The van der Waals surface area contributed by atoms with Crippen molar-refractivity contribution in [3.63, 3.8) is 0 Å². The van der Waals surface area contributed by atoms with Crippen molar-refractivity contribution in [3.8, 4) is 0 Å². The molecule has 1 rings (SSSR count). The quantitative estimate of drug-likeness (QED) is 0.779. The molecule has 0 saturated heterocycles. The smallest absolute Gasteiger partial charge is 0.273 e. The molecule has 0 aliphatic carbocycles. The minimum absolute atomic E-state index is 0.146. The van der Waals surface area contributed by atoms with Crippen LogP contribution in [0.3, 0.4) is 0 Å². The molecule has 0 saturated carbocycles. The normalized spacial score (nSPS) is 12.2. The average Bonchev–Trinajstić information content (AvgIpc) is 2.79. The van der Waals surface area contributed by atoms with Gasteiger partial charge in [0.15, 0.2) is 0 Å². The second kappa shape index (κ2) is 6.18. The second-order valence-corrected chi connectivity index (χ2v) is 5.61. The third kappa shape index (κ3) is 3.83. The van der Waals surface area contributed by atoms with E-state index in [9.17, 15) is 8.42 Å². The molecule has 0 aliphatic rings. The van der Waals surface area contributed by atoms with E-state index in [1.165, 1.54) is 12.1 Å². The van der Waals surface area contributed by atoms with Crippen LogP contribution in [0.15, 0.2) is 21.6 Å². The zero-order valence-electron chi connectivity index (χ0n) is 10.1. The van der Waals surface area contributed by atoms with Gasteiger partial charge in [-0.3, -0.25) is 0 Å². The van der Waals surface area contributed by atoms with Gasteiger partial charge in [-0.15, -0.1) is 0 Å². The summed E-state index contributed by atoms with van der Waals surface area (Å²) in [6, 6.07) is 2.80. The highest BCUT2D eigenvalue weighted by atomic mass is 32.2. The molecule has 0 aliphatic heterocycles. The molecule has 0 bridgehead atoms. The summed E-state index contributed by atoms with van der Waals surface area (Å²) in [5.41, 5.74) is 0. The molecule has 1 aromatic rings. The molecule has 0 unspecified atom stereocenters. The maximum absolute atomic E-state index is 11.8. The molecule has 1 heterocycles. The van der Waals surface area contributed by atoms with Gasteiger partial charge in [-0.2, -0.15) is 0 Å². The van der Waals surface area contributed by atoms with Crippen LogP contribution in [0.2, 0.25) is 0 Å². The number of hydrogen-bond acceptors (Lipinski definition) is 4. The van der Waals surface area contributed by atoms with Crippen LogP contribution in [0.5, 0.6) is 0 Å². The summed E-state index contributed by atoms with van der Waals surface area (Å²) in [5, 5.41) is 8.66. The van der Waals surface area contributed by atoms with E-state index in [2.05, 4.69) is 4.72 Å². The summed E-state index contributed by atoms with van der Waals surface area (Å²) in [7, 11) is -3.59. The zero-order chi connectivity index (χ0) is 12.9. The summed E-state index contributed by atoms with van der Waals surface area (Å²) < 4.78 is 31.1. The zero-order valence-corrected chi connectivity index (χ0v) is 11.0. The van der Waals surface area contributed by atoms with Crippen LogP contribution in [0.25, 0.3) is 0 Å². The second-order valence-electron chi connectivity index (χ2n) is 3.91. The van der Waals surface area contributed by atoms with Crippen molar-refractivity contribution < 1.29 is 17.9 Å². The summed E-state index contributed by atoms with van der Waals surface area (Å²) in [5.74, 6) is 0.574. The molecule has 0 amide bonds. The van der Waals surface area contributed by atoms with Crippen molar-refractivity contribution in [1.29, 1.82) is 0 Å². The van der Waals surface area contributed by atoms with Crippen LogP contribution in [0.1, 0.15) is 32.4 Å². The van der Waals surface area contributed by atoms with Crippen molar-refractivity contribution in [2.24, 2.45) is 5.92 Å². The Bertz CT molecular complexity index is 434. The highest BCUT2D eigenvalue weighted by molar-refractivity contribution is 7.89.